The first kappa shape index (κ1) is 14.9. The Bertz CT molecular complexity index is 472. The van der Waals surface area contributed by atoms with Gasteiger partial charge in [0.05, 0.1) is 11.5 Å². The van der Waals surface area contributed by atoms with Crippen LogP contribution in [0.5, 0.6) is 0 Å². The molecule has 1 amide bonds. The Morgan fingerprint density at radius 2 is 2.10 bits per heavy atom. The minimum absolute atomic E-state index is 0.109. The van der Waals surface area contributed by atoms with Crippen LogP contribution in [0.4, 0.5) is 5.69 Å². The number of carbonyl (C=O) groups excluding carboxylic acids is 1. The van der Waals surface area contributed by atoms with Gasteiger partial charge in [-0.05, 0) is 37.5 Å². The Balaban J connectivity index is 2.09. The van der Waals surface area contributed by atoms with Gasteiger partial charge < -0.3 is 15.3 Å². The van der Waals surface area contributed by atoms with Crippen molar-refractivity contribution in [3.05, 3.63) is 29.8 Å². The van der Waals surface area contributed by atoms with E-state index in [-0.39, 0.29) is 11.3 Å². The molecule has 20 heavy (non-hydrogen) atoms. The average molecular weight is 276 g/mol. The summed E-state index contributed by atoms with van der Waals surface area (Å²) in [6, 6.07) is 8.01. The van der Waals surface area contributed by atoms with Crippen molar-refractivity contribution in [3.63, 3.8) is 0 Å². The lowest BCUT2D eigenvalue weighted by Crippen LogP contribution is -2.39. The third-order valence-corrected chi connectivity index (χ3v) is 4.28. The second-order valence-corrected chi connectivity index (χ2v) is 5.83. The minimum atomic E-state index is -0.390. The number of nitrogens with zero attached hydrogens (tertiary/aromatic N) is 1. The highest BCUT2D eigenvalue weighted by Crippen LogP contribution is 2.33. The zero-order valence-electron chi connectivity index (χ0n) is 12.5. The molecule has 1 aliphatic rings. The molecule has 1 saturated heterocycles. The van der Waals surface area contributed by atoms with Gasteiger partial charge in [0, 0.05) is 25.8 Å². The van der Waals surface area contributed by atoms with E-state index in [0.29, 0.717) is 0 Å². The standard InChI is InChI=1S/C16H24N2O2/c1-4-14(19)12-5-7-13(8-6-12)18-10-9-16(2,11-18)15(20)17-3/h5-8,14,19H,4,9-11H2,1-3H3,(H,17,20)/t14-,16?/m0/s1. The van der Waals surface area contributed by atoms with E-state index in [4.69, 9.17) is 0 Å². The van der Waals surface area contributed by atoms with Crippen LogP contribution in [0.2, 0.25) is 0 Å². The first-order valence-corrected chi connectivity index (χ1v) is 7.25. The van der Waals surface area contributed by atoms with Gasteiger partial charge in [-0.2, -0.15) is 0 Å². The quantitative estimate of drug-likeness (QED) is 0.885. The Hall–Kier alpha value is -1.55. The van der Waals surface area contributed by atoms with E-state index in [1.54, 1.807) is 7.05 Å². The molecule has 1 fully saturated rings. The summed E-state index contributed by atoms with van der Waals surface area (Å²) in [5.41, 5.74) is 1.75. The summed E-state index contributed by atoms with van der Waals surface area (Å²) < 4.78 is 0. The Morgan fingerprint density at radius 1 is 1.45 bits per heavy atom. The lowest BCUT2D eigenvalue weighted by atomic mass is 9.89. The molecule has 1 aromatic carbocycles. The van der Waals surface area contributed by atoms with Gasteiger partial charge in [-0.1, -0.05) is 19.1 Å². The summed E-state index contributed by atoms with van der Waals surface area (Å²) in [5, 5.41) is 12.6. The number of carbonyl (C=O) groups is 1. The van der Waals surface area contributed by atoms with E-state index in [9.17, 15) is 9.90 Å². The molecule has 4 nitrogen and oxygen atoms in total. The van der Waals surface area contributed by atoms with Crippen LogP contribution in [-0.4, -0.2) is 31.2 Å². The van der Waals surface area contributed by atoms with Crippen molar-refractivity contribution in [2.45, 2.75) is 32.8 Å². The molecule has 0 aromatic heterocycles. The summed E-state index contributed by atoms with van der Waals surface area (Å²) in [7, 11) is 1.69. The van der Waals surface area contributed by atoms with Crippen molar-refractivity contribution in [2.75, 3.05) is 25.0 Å². The van der Waals surface area contributed by atoms with Gasteiger partial charge in [-0.25, -0.2) is 0 Å². The highest BCUT2D eigenvalue weighted by atomic mass is 16.3. The van der Waals surface area contributed by atoms with Crippen molar-refractivity contribution in [1.29, 1.82) is 0 Å². The highest BCUT2D eigenvalue weighted by Gasteiger charge is 2.39. The van der Waals surface area contributed by atoms with Crippen LogP contribution in [-0.2, 0) is 4.79 Å². The van der Waals surface area contributed by atoms with Crippen LogP contribution in [0, 0.1) is 5.41 Å². The number of nitrogens with one attached hydrogen (secondary N) is 1. The second-order valence-electron chi connectivity index (χ2n) is 5.83. The molecule has 0 saturated carbocycles. The zero-order valence-corrected chi connectivity index (χ0v) is 12.5. The number of aliphatic hydroxyl groups excluding tert-OH is 1. The number of hydrogen-bond acceptors (Lipinski definition) is 3. The number of amides is 1. The van der Waals surface area contributed by atoms with Crippen LogP contribution in [0.25, 0.3) is 0 Å². The Kier molecular flexibility index (Phi) is 4.33. The topological polar surface area (TPSA) is 52.6 Å². The first-order valence-electron chi connectivity index (χ1n) is 7.25. The highest BCUT2D eigenvalue weighted by molar-refractivity contribution is 5.83. The average Bonchev–Trinajstić information content (AvgIpc) is 2.89. The SMILES string of the molecule is CC[C@H](O)c1ccc(N2CCC(C)(C(=O)NC)C2)cc1. The second kappa shape index (κ2) is 5.83. The van der Waals surface area contributed by atoms with Gasteiger partial charge in [0.2, 0.25) is 5.91 Å². The fourth-order valence-corrected chi connectivity index (χ4v) is 2.81. The van der Waals surface area contributed by atoms with Crippen molar-refractivity contribution < 1.29 is 9.90 Å². The normalized spacial score (nSPS) is 23.7. The molecule has 2 atom stereocenters. The fourth-order valence-electron chi connectivity index (χ4n) is 2.81. The Labute approximate surface area is 120 Å². The van der Waals surface area contributed by atoms with Crippen molar-refractivity contribution in [3.8, 4) is 0 Å². The largest absolute Gasteiger partial charge is 0.388 e. The van der Waals surface area contributed by atoms with Crippen LogP contribution >= 0.6 is 0 Å². The predicted molar refractivity (Wildman–Crippen MR) is 80.7 cm³/mol. The molecule has 0 bridgehead atoms. The summed E-state index contributed by atoms with van der Waals surface area (Å²) in [6.45, 7) is 5.61. The van der Waals surface area contributed by atoms with E-state index in [1.807, 2.05) is 38.1 Å². The minimum Gasteiger partial charge on any atom is -0.388 e. The van der Waals surface area contributed by atoms with Crippen LogP contribution in [0.3, 0.4) is 0 Å². The van der Waals surface area contributed by atoms with Crippen molar-refractivity contribution in [2.24, 2.45) is 5.41 Å². The molecule has 0 radical (unpaired) electrons. The summed E-state index contributed by atoms with van der Waals surface area (Å²) in [4.78, 5) is 14.2. The number of anilines is 1. The maximum atomic E-state index is 11.9. The number of rotatable bonds is 4. The third kappa shape index (κ3) is 2.80. The van der Waals surface area contributed by atoms with E-state index in [1.165, 1.54) is 0 Å². The lowest BCUT2D eigenvalue weighted by molar-refractivity contribution is -0.128. The van der Waals surface area contributed by atoms with Crippen molar-refractivity contribution >= 4 is 11.6 Å². The van der Waals surface area contributed by atoms with Gasteiger partial charge in [0.25, 0.3) is 0 Å². The summed E-state index contributed by atoms with van der Waals surface area (Å²) >= 11 is 0. The molecule has 1 aliphatic heterocycles. The maximum absolute atomic E-state index is 11.9. The molecular formula is C16H24N2O2. The van der Waals surface area contributed by atoms with Crippen LogP contribution < -0.4 is 10.2 Å². The smallest absolute Gasteiger partial charge is 0.227 e. The van der Waals surface area contributed by atoms with Crippen LogP contribution in [0.15, 0.2) is 24.3 Å². The van der Waals surface area contributed by atoms with Gasteiger partial charge in [0.15, 0.2) is 0 Å². The summed E-state index contributed by atoms with van der Waals surface area (Å²) in [5.74, 6) is 0.109. The maximum Gasteiger partial charge on any atom is 0.227 e. The molecule has 0 spiro atoms. The van der Waals surface area contributed by atoms with Crippen molar-refractivity contribution in [1.82, 2.24) is 5.32 Å². The molecule has 1 aromatic rings. The van der Waals surface area contributed by atoms with Gasteiger partial charge in [-0.15, -0.1) is 0 Å². The monoisotopic (exact) mass is 276 g/mol. The molecule has 1 heterocycles. The first-order chi connectivity index (χ1) is 9.50. The van der Waals surface area contributed by atoms with Crippen LogP contribution in [0.1, 0.15) is 38.4 Å². The van der Waals surface area contributed by atoms with E-state index < -0.39 is 6.10 Å². The number of hydrogen-bond donors (Lipinski definition) is 2. The van der Waals surface area contributed by atoms with E-state index in [2.05, 4.69) is 10.2 Å². The molecular weight excluding hydrogens is 252 g/mol. The zero-order chi connectivity index (χ0) is 14.8. The fraction of sp³-hybridized carbons (Fsp3) is 0.562. The number of aliphatic hydroxyl groups is 1. The lowest BCUT2D eigenvalue weighted by Gasteiger charge is -2.24. The van der Waals surface area contributed by atoms with E-state index in [0.717, 1.165) is 37.2 Å². The third-order valence-electron chi connectivity index (χ3n) is 4.28. The Morgan fingerprint density at radius 3 is 2.65 bits per heavy atom. The van der Waals surface area contributed by atoms with E-state index >= 15 is 0 Å². The molecule has 1 unspecified atom stereocenters. The molecule has 2 N–H and O–H groups in total. The van der Waals surface area contributed by atoms with Gasteiger partial charge in [0.1, 0.15) is 0 Å². The molecule has 4 heteroatoms. The molecule has 0 aliphatic carbocycles. The number of benzene rings is 1. The molecule has 110 valence electrons. The van der Waals surface area contributed by atoms with Gasteiger partial charge >= 0.3 is 0 Å². The summed E-state index contributed by atoms with van der Waals surface area (Å²) in [6.07, 6.45) is 1.20. The predicted octanol–water partition coefficient (Wildman–Crippen LogP) is 2.09. The van der Waals surface area contributed by atoms with Gasteiger partial charge in [-0.3, -0.25) is 4.79 Å². The molecule has 2 rings (SSSR count).